The summed E-state index contributed by atoms with van der Waals surface area (Å²) in [4.78, 5) is 15.4. The average molecular weight is 496 g/mol. The van der Waals surface area contributed by atoms with E-state index in [4.69, 9.17) is 0 Å². The minimum atomic E-state index is -0.111. The van der Waals surface area contributed by atoms with Gasteiger partial charge in [0, 0.05) is 37.8 Å². The molecule has 35 heavy (non-hydrogen) atoms. The monoisotopic (exact) mass is 495 g/mol. The molecule has 8 atom stereocenters. The van der Waals surface area contributed by atoms with E-state index >= 15 is 0 Å². The van der Waals surface area contributed by atoms with Crippen LogP contribution in [0.5, 0.6) is 0 Å². The number of carbonyl (C=O) groups excluding carboxylic acids is 1. The van der Waals surface area contributed by atoms with Crippen molar-refractivity contribution < 1.29 is 15.0 Å². The number of nitrogens with zero attached hydrogens (tertiary/aromatic N) is 1. The van der Waals surface area contributed by atoms with Gasteiger partial charge in [-0.05, 0) is 56.9 Å². The highest BCUT2D eigenvalue weighted by Gasteiger charge is 2.38. The second-order valence-corrected chi connectivity index (χ2v) is 11.3. The number of hydrogen-bond donors (Lipinski definition) is 8. The molecule has 10 nitrogen and oxygen atoms in total. The van der Waals surface area contributed by atoms with Crippen molar-refractivity contribution in [2.45, 2.75) is 95.2 Å². The number of amides is 1. The summed E-state index contributed by atoms with van der Waals surface area (Å²) in [6.07, 6.45) is 9.79. The number of rotatable bonds is 10. The Balaban J connectivity index is 1.25. The Morgan fingerprint density at radius 2 is 1.94 bits per heavy atom. The fourth-order valence-corrected chi connectivity index (χ4v) is 6.72. The lowest BCUT2D eigenvalue weighted by Gasteiger charge is -2.36. The van der Waals surface area contributed by atoms with Gasteiger partial charge in [-0.3, -0.25) is 15.0 Å². The summed E-state index contributed by atoms with van der Waals surface area (Å²) in [6, 6.07) is 0.519. The third kappa shape index (κ3) is 7.35. The fraction of sp³-hybridized carbons (Fsp3) is 0.960. The van der Waals surface area contributed by atoms with Crippen LogP contribution in [0.2, 0.25) is 0 Å². The molecule has 4 fully saturated rings. The van der Waals surface area contributed by atoms with Crippen LogP contribution in [-0.4, -0.2) is 91.0 Å². The molecular formula is C25H49N7O3. The summed E-state index contributed by atoms with van der Waals surface area (Å²) in [5, 5.41) is 33.4. The van der Waals surface area contributed by atoms with Gasteiger partial charge in [0.25, 0.3) is 0 Å². The second kappa shape index (κ2) is 13.6. The van der Waals surface area contributed by atoms with Crippen molar-refractivity contribution in [1.29, 1.82) is 0 Å². The molecule has 1 amide bonds. The molecule has 8 N–H and O–H groups in total. The van der Waals surface area contributed by atoms with E-state index in [1.54, 1.807) is 0 Å². The maximum absolute atomic E-state index is 13.1. The highest BCUT2D eigenvalue weighted by atomic mass is 16.3. The van der Waals surface area contributed by atoms with Crippen molar-refractivity contribution in [1.82, 2.24) is 37.0 Å². The lowest BCUT2D eigenvalue weighted by atomic mass is 9.78. The predicted octanol–water partition coefficient (Wildman–Crippen LogP) is -0.598. The number of carbonyl (C=O) groups is 1. The molecule has 2 saturated heterocycles. The van der Waals surface area contributed by atoms with Crippen molar-refractivity contribution in [3.63, 3.8) is 0 Å². The third-order valence-corrected chi connectivity index (χ3v) is 8.73. The van der Waals surface area contributed by atoms with Gasteiger partial charge in [-0.15, -0.1) is 0 Å². The second-order valence-electron chi connectivity index (χ2n) is 11.3. The molecule has 202 valence electrons. The van der Waals surface area contributed by atoms with Crippen LogP contribution < -0.4 is 32.1 Å². The van der Waals surface area contributed by atoms with Crippen molar-refractivity contribution in [2.24, 2.45) is 17.8 Å². The van der Waals surface area contributed by atoms with E-state index < -0.39 is 0 Å². The molecule has 0 bridgehead atoms. The first-order valence-corrected chi connectivity index (χ1v) is 14.1. The summed E-state index contributed by atoms with van der Waals surface area (Å²) in [6.45, 7) is 5.61. The molecule has 0 spiro atoms. The van der Waals surface area contributed by atoms with E-state index in [9.17, 15) is 15.0 Å². The summed E-state index contributed by atoms with van der Waals surface area (Å²) < 4.78 is 0. The van der Waals surface area contributed by atoms with Crippen molar-refractivity contribution in [3.8, 4) is 0 Å². The van der Waals surface area contributed by atoms with Crippen molar-refractivity contribution in [3.05, 3.63) is 0 Å². The van der Waals surface area contributed by atoms with Gasteiger partial charge in [0.1, 0.15) is 0 Å². The predicted molar refractivity (Wildman–Crippen MR) is 136 cm³/mol. The summed E-state index contributed by atoms with van der Waals surface area (Å²) >= 11 is 0. The van der Waals surface area contributed by atoms with Gasteiger partial charge >= 0.3 is 0 Å². The van der Waals surface area contributed by atoms with Gasteiger partial charge in [-0.1, -0.05) is 26.2 Å². The molecule has 0 aromatic rings. The van der Waals surface area contributed by atoms with E-state index in [-0.39, 0.29) is 43.4 Å². The van der Waals surface area contributed by atoms with Crippen LogP contribution in [0, 0.1) is 17.8 Å². The highest BCUT2D eigenvalue weighted by molar-refractivity contribution is 5.79. The molecule has 2 heterocycles. The number of hydrogen-bond acceptors (Lipinski definition) is 9. The molecule has 7 unspecified atom stereocenters. The molecule has 2 aliphatic heterocycles. The Kier molecular flexibility index (Phi) is 10.6. The minimum absolute atomic E-state index is 0.00575. The molecule has 4 rings (SSSR count). The minimum Gasteiger partial charge on any atom is -0.395 e. The standard InChI is InChI=1S/C25H49N7O3/c1-17-4-2-5-18(12-17)22(15-34)29-25(35)19-6-3-7-20(13-19)27-14-23-30-31-24(32(23)10-11-33)21-8-9-26-16-28-21/h17-24,26-28,30-31,33-34H,2-16H2,1H3,(H,29,35)/t17?,18?,19?,20?,21?,22-,23?,24?/m0/s1. The number of nitrogens with one attached hydrogen (secondary N) is 6. The largest absolute Gasteiger partial charge is 0.395 e. The van der Waals surface area contributed by atoms with Gasteiger partial charge in [0.2, 0.25) is 5.91 Å². The Labute approximate surface area is 210 Å². The van der Waals surface area contributed by atoms with E-state index in [0.717, 1.165) is 64.7 Å². The van der Waals surface area contributed by atoms with Crippen LogP contribution in [0.4, 0.5) is 0 Å². The molecule has 2 saturated carbocycles. The van der Waals surface area contributed by atoms with Gasteiger partial charge in [0.15, 0.2) is 0 Å². The summed E-state index contributed by atoms with van der Waals surface area (Å²) in [5.74, 6) is 1.20. The quantitative estimate of drug-likeness (QED) is 0.200. The van der Waals surface area contributed by atoms with Crippen LogP contribution in [0.3, 0.4) is 0 Å². The maximum atomic E-state index is 13.1. The summed E-state index contributed by atoms with van der Waals surface area (Å²) in [7, 11) is 0. The molecule has 0 aromatic carbocycles. The first-order chi connectivity index (χ1) is 17.1. The lowest BCUT2D eigenvalue weighted by Crippen LogP contribution is -2.59. The highest BCUT2D eigenvalue weighted by Crippen LogP contribution is 2.31. The Morgan fingerprint density at radius 3 is 2.69 bits per heavy atom. The van der Waals surface area contributed by atoms with Crippen LogP contribution in [0.1, 0.15) is 64.7 Å². The van der Waals surface area contributed by atoms with Gasteiger partial charge in [-0.25, -0.2) is 10.9 Å². The van der Waals surface area contributed by atoms with Gasteiger partial charge in [-0.2, -0.15) is 0 Å². The third-order valence-electron chi connectivity index (χ3n) is 8.73. The fourth-order valence-electron chi connectivity index (χ4n) is 6.72. The smallest absolute Gasteiger partial charge is 0.223 e. The molecular weight excluding hydrogens is 446 g/mol. The lowest BCUT2D eigenvalue weighted by molar-refractivity contribution is -0.127. The molecule has 10 heteroatoms. The number of β-amino-alcohol motifs (C(OH)–C–C–N with tert-alkyl or cyclic N) is 1. The number of hydrazine groups is 1. The van der Waals surface area contributed by atoms with Gasteiger partial charge < -0.3 is 26.2 Å². The Morgan fingerprint density at radius 1 is 1.09 bits per heavy atom. The molecule has 0 aromatic heterocycles. The zero-order chi connectivity index (χ0) is 24.6. The van der Waals surface area contributed by atoms with Crippen LogP contribution in [0.15, 0.2) is 0 Å². The number of aliphatic hydroxyl groups is 2. The van der Waals surface area contributed by atoms with E-state index in [1.165, 1.54) is 12.8 Å². The van der Waals surface area contributed by atoms with Crippen molar-refractivity contribution >= 4 is 5.91 Å². The zero-order valence-corrected chi connectivity index (χ0v) is 21.5. The van der Waals surface area contributed by atoms with E-state index in [2.05, 4.69) is 43.9 Å². The molecule has 2 aliphatic carbocycles. The van der Waals surface area contributed by atoms with E-state index in [0.29, 0.717) is 30.5 Å². The Hall–Kier alpha value is -0.850. The van der Waals surface area contributed by atoms with E-state index in [1.807, 2.05) is 0 Å². The maximum Gasteiger partial charge on any atom is 0.223 e. The summed E-state index contributed by atoms with van der Waals surface area (Å²) in [5.41, 5.74) is 6.86. The topological polar surface area (TPSA) is 133 Å². The van der Waals surface area contributed by atoms with Crippen LogP contribution >= 0.6 is 0 Å². The van der Waals surface area contributed by atoms with Crippen LogP contribution in [0.25, 0.3) is 0 Å². The molecule has 4 aliphatic rings. The van der Waals surface area contributed by atoms with Crippen LogP contribution in [-0.2, 0) is 4.79 Å². The normalized spacial score (nSPS) is 37.7. The first kappa shape index (κ1) is 27.2. The SMILES string of the molecule is CC1CCCC([C@H](CO)NC(=O)C2CCCC(NCC3NNC(C4CCNCN4)N3CCO)C2)C1. The van der Waals surface area contributed by atoms with Crippen molar-refractivity contribution in [2.75, 3.05) is 39.5 Å². The Bertz CT molecular complexity index is 651. The van der Waals surface area contributed by atoms with Gasteiger partial charge in [0.05, 0.1) is 31.6 Å². The number of aliphatic hydroxyl groups excluding tert-OH is 2. The first-order valence-electron chi connectivity index (χ1n) is 14.1. The molecule has 0 radical (unpaired) electrons. The average Bonchev–Trinajstić information content (AvgIpc) is 3.29. The zero-order valence-electron chi connectivity index (χ0n) is 21.5.